The molecule has 0 N–H and O–H groups in total. The van der Waals surface area contributed by atoms with Gasteiger partial charge in [-0.2, -0.15) is 0 Å². The summed E-state index contributed by atoms with van der Waals surface area (Å²) in [6.07, 6.45) is 9.95. The number of pyridine rings is 4. The molecule has 5 aromatic heterocycles. The molecule has 0 aliphatic rings. The van der Waals surface area contributed by atoms with Crippen molar-refractivity contribution >= 4 is 0 Å². The summed E-state index contributed by atoms with van der Waals surface area (Å²) in [4.78, 5) is 30.6. The Morgan fingerprint density at radius 2 is 0.392 bits per heavy atom. The van der Waals surface area contributed by atoms with E-state index in [1.165, 1.54) is 22.3 Å². The maximum absolute atomic E-state index is 5.36. The summed E-state index contributed by atoms with van der Waals surface area (Å²) in [5.74, 6) is 0.655. The lowest BCUT2D eigenvalue weighted by Crippen LogP contribution is -1.95. The highest BCUT2D eigenvalue weighted by Gasteiger charge is 2.22. The zero-order valence-corrected chi connectivity index (χ0v) is 67.8. The Bertz CT molecular complexity index is 6360. The van der Waals surface area contributed by atoms with E-state index < -0.39 is 0 Å². The van der Waals surface area contributed by atoms with Gasteiger partial charge in [-0.3, -0.25) is 19.9 Å². The van der Waals surface area contributed by atoms with Crippen LogP contribution in [0.2, 0.25) is 0 Å². The van der Waals surface area contributed by atoms with E-state index in [0.29, 0.717) is 5.82 Å². The Kier molecular flexibility index (Phi) is 20.5. The number of aromatic nitrogens is 6. The van der Waals surface area contributed by atoms with Crippen LogP contribution >= 0.6 is 0 Å². The molecule has 120 heavy (non-hydrogen) atoms. The normalized spacial score (nSPS) is 11.2. The van der Waals surface area contributed by atoms with Crippen LogP contribution in [0, 0.1) is 41.5 Å². The quantitative estimate of drug-likeness (QED) is 0.0852. The highest BCUT2D eigenvalue weighted by molar-refractivity contribution is 5.98. The van der Waals surface area contributed by atoms with Gasteiger partial charge < -0.3 is 0 Å². The molecule has 6 nitrogen and oxygen atoms in total. The fourth-order valence-electron chi connectivity index (χ4n) is 17.1. The van der Waals surface area contributed by atoms with Crippen molar-refractivity contribution in [2.75, 3.05) is 0 Å². The second kappa shape index (κ2) is 32.8. The molecular weight excluding hydrogens is 1450 g/mol. The van der Waals surface area contributed by atoms with Crippen LogP contribution in [0.1, 0.15) is 33.4 Å². The van der Waals surface area contributed by atoms with Crippen LogP contribution in [0.15, 0.2) is 401 Å². The summed E-state index contributed by atoms with van der Waals surface area (Å²) in [5, 5.41) is 0. The van der Waals surface area contributed by atoms with Gasteiger partial charge in [-0.05, 0) is 267 Å². The van der Waals surface area contributed by atoms with Crippen LogP contribution in [-0.2, 0) is 0 Å². The van der Waals surface area contributed by atoms with Gasteiger partial charge in [-0.1, -0.05) is 289 Å². The Hall–Kier alpha value is -15.2. The molecule has 0 atom stereocenters. The third-order valence-corrected chi connectivity index (χ3v) is 23.1. The molecule has 0 bridgehead atoms. The molecule has 0 unspecified atom stereocenters. The monoisotopic (exact) mass is 1540 g/mol. The molecule has 6 heteroatoms. The number of hydrogen-bond acceptors (Lipinski definition) is 6. The number of aryl methyl sites for hydroxylation is 6. The Labute approximate surface area is 702 Å². The molecule has 0 aliphatic heterocycles. The van der Waals surface area contributed by atoms with Crippen molar-refractivity contribution in [3.8, 4) is 201 Å². The molecule has 0 fully saturated rings. The summed E-state index contributed by atoms with van der Waals surface area (Å²) >= 11 is 0. The summed E-state index contributed by atoms with van der Waals surface area (Å²) in [6.45, 7) is 12.9. The van der Waals surface area contributed by atoms with Gasteiger partial charge in [0.25, 0.3) is 0 Å². The molecule has 0 saturated heterocycles. The fourth-order valence-corrected chi connectivity index (χ4v) is 17.1. The van der Waals surface area contributed by atoms with Gasteiger partial charge in [-0.25, -0.2) is 9.97 Å². The molecular formula is C114H84N6. The van der Waals surface area contributed by atoms with E-state index >= 15 is 0 Å². The topological polar surface area (TPSA) is 77.3 Å². The second-order valence-electron chi connectivity index (χ2n) is 31.4. The lowest BCUT2D eigenvalue weighted by molar-refractivity contribution is 1.18. The minimum Gasteiger partial charge on any atom is -0.256 e. The smallest absolute Gasteiger partial charge is 0.159 e. The molecule has 14 aromatic carbocycles. The lowest BCUT2D eigenvalue weighted by atomic mass is 9.86. The molecule has 0 spiro atoms. The van der Waals surface area contributed by atoms with Gasteiger partial charge in [0.2, 0.25) is 0 Å². The van der Waals surface area contributed by atoms with Gasteiger partial charge in [0.1, 0.15) is 0 Å². The minimum atomic E-state index is 0.655. The Morgan fingerprint density at radius 1 is 0.150 bits per heavy atom. The third kappa shape index (κ3) is 15.4. The average molecular weight is 1540 g/mol. The van der Waals surface area contributed by atoms with E-state index in [0.717, 1.165) is 207 Å². The van der Waals surface area contributed by atoms with E-state index in [1.807, 2.05) is 37.1 Å². The molecule has 5 heterocycles. The zero-order chi connectivity index (χ0) is 81.2. The maximum atomic E-state index is 5.36. The second-order valence-corrected chi connectivity index (χ2v) is 31.4. The van der Waals surface area contributed by atoms with Crippen LogP contribution in [0.25, 0.3) is 201 Å². The zero-order valence-electron chi connectivity index (χ0n) is 67.8. The highest BCUT2D eigenvalue weighted by Crippen LogP contribution is 2.47. The number of benzene rings is 14. The van der Waals surface area contributed by atoms with Crippen molar-refractivity contribution < 1.29 is 0 Å². The summed E-state index contributed by atoms with van der Waals surface area (Å²) in [7, 11) is 0. The lowest BCUT2D eigenvalue weighted by Gasteiger charge is -2.19. The first kappa shape index (κ1) is 74.8. The van der Waals surface area contributed by atoms with E-state index in [1.54, 1.807) is 0 Å². The van der Waals surface area contributed by atoms with Crippen molar-refractivity contribution in [3.05, 3.63) is 434 Å². The van der Waals surface area contributed by atoms with Gasteiger partial charge in [0.05, 0.1) is 28.5 Å². The van der Waals surface area contributed by atoms with Crippen LogP contribution in [0.4, 0.5) is 0 Å². The van der Waals surface area contributed by atoms with Gasteiger partial charge in [-0.15, -0.1) is 0 Å². The van der Waals surface area contributed by atoms with E-state index in [4.69, 9.17) is 29.9 Å². The third-order valence-electron chi connectivity index (χ3n) is 23.1. The maximum Gasteiger partial charge on any atom is 0.159 e. The predicted octanol–water partition coefficient (Wildman–Crippen LogP) is 29.9. The van der Waals surface area contributed by atoms with Crippen LogP contribution in [-0.4, -0.2) is 29.9 Å². The van der Waals surface area contributed by atoms with Gasteiger partial charge in [0, 0.05) is 86.6 Å². The standard InChI is InChI=1S/C114H84N6/c1-73-23-19-27-79(57-73)109-51-45-85(69-116-109)97-31-7-11-35-101(97)89-63-90(102-36-12-8-32-98(102)86-46-52-110(117-70-86)80-28-20-24-74(2)58-80)66-93(65-89)105-39-15-17-41-107(105)95-49-43-83(61-77(95)5)113-55-56-115-114(120-113)84-44-50-96(78(6)62-84)108-42-18-16-40-106(108)94-67-91(103-37-13-9-33-99(103)87-47-53-111(118-71-87)81-29-21-25-75(3)59-81)64-92(68-94)104-38-14-10-34-100(104)88-48-54-112(119-72-88)82-30-22-26-76(4)60-82/h7-72H,1-6H3. The first-order valence-electron chi connectivity index (χ1n) is 41.0. The summed E-state index contributed by atoms with van der Waals surface area (Å²) in [5.41, 5.74) is 44.3. The van der Waals surface area contributed by atoms with Crippen molar-refractivity contribution in [1.29, 1.82) is 0 Å². The first-order valence-corrected chi connectivity index (χ1v) is 41.0. The van der Waals surface area contributed by atoms with Gasteiger partial charge >= 0.3 is 0 Å². The molecule has 19 rings (SSSR count). The van der Waals surface area contributed by atoms with E-state index in [-0.39, 0.29) is 0 Å². The average Bonchev–Trinajstić information content (AvgIpc) is 0.767. The molecule has 0 aliphatic carbocycles. The Morgan fingerprint density at radius 3 is 0.658 bits per heavy atom. The van der Waals surface area contributed by atoms with Crippen LogP contribution in [0.3, 0.4) is 0 Å². The number of rotatable bonds is 18. The first-order chi connectivity index (χ1) is 58.9. The number of nitrogens with zero attached hydrogens (tertiary/aromatic N) is 6. The van der Waals surface area contributed by atoms with Crippen molar-refractivity contribution in [1.82, 2.24) is 29.9 Å². The molecule has 19 aromatic rings. The molecule has 0 radical (unpaired) electrons. The van der Waals surface area contributed by atoms with Crippen LogP contribution in [0.5, 0.6) is 0 Å². The Balaban J connectivity index is 0.656. The molecule has 0 saturated carbocycles. The van der Waals surface area contributed by atoms with Crippen molar-refractivity contribution in [2.45, 2.75) is 41.5 Å². The minimum absolute atomic E-state index is 0.655. The largest absolute Gasteiger partial charge is 0.256 e. The predicted molar refractivity (Wildman–Crippen MR) is 499 cm³/mol. The SMILES string of the molecule is Cc1cccc(-c2ccc(-c3ccccc3-c3cc(-c4ccccc4-c4ccc(-c5cccc(C)c5)nc4)cc(-c4ccccc4-c4ccc(-c5ccnc(-c6ccc(-c7ccccc7-c7cc(-c8ccccc8-c8ccc(-c9cccc(C)c9)nc8)cc(-c8ccccc8-c8ccc(-c9cccc(C)c9)nc8)c7)c(C)c6)n5)cc4C)c3)cn2)c1. The summed E-state index contributed by atoms with van der Waals surface area (Å²) in [6, 6.07) is 134. The molecule has 570 valence electrons. The number of hydrogen-bond donors (Lipinski definition) is 0. The van der Waals surface area contributed by atoms with Crippen molar-refractivity contribution in [2.24, 2.45) is 0 Å². The van der Waals surface area contributed by atoms with E-state index in [2.05, 4.69) is 406 Å². The van der Waals surface area contributed by atoms with Crippen LogP contribution < -0.4 is 0 Å². The van der Waals surface area contributed by atoms with Gasteiger partial charge in [0.15, 0.2) is 5.82 Å². The van der Waals surface area contributed by atoms with Crippen molar-refractivity contribution in [3.63, 3.8) is 0 Å². The van der Waals surface area contributed by atoms with E-state index in [9.17, 15) is 0 Å². The summed E-state index contributed by atoms with van der Waals surface area (Å²) < 4.78 is 0. The highest BCUT2D eigenvalue weighted by atomic mass is 14.9. The fraction of sp³-hybridized carbons (Fsp3) is 0.0526. The molecule has 0 amide bonds.